The number of halogens is 1. The maximum absolute atomic E-state index is 13.4. The predicted octanol–water partition coefficient (Wildman–Crippen LogP) is 4.13. The van der Waals surface area contributed by atoms with Gasteiger partial charge in [-0.25, -0.2) is 4.39 Å². The second-order valence-corrected chi connectivity index (χ2v) is 4.61. The lowest BCUT2D eigenvalue weighted by molar-refractivity contribution is 0.467. The van der Waals surface area contributed by atoms with E-state index in [9.17, 15) is 4.39 Å². The van der Waals surface area contributed by atoms with Crippen molar-refractivity contribution in [2.24, 2.45) is 0 Å². The van der Waals surface area contributed by atoms with Crippen LogP contribution >= 0.6 is 0 Å². The largest absolute Gasteiger partial charge is 0.450 e. The van der Waals surface area contributed by atoms with Crippen molar-refractivity contribution in [2.45, 2.75) is 6.92 Å². The molecule has 0 radical (unpaired) electrons. The van der Waals surface area contributed by atoms with Crippen LogP contribution in [0.15, 0.2) is 40.8 Å². The molecule has 0 fully saturated rings. The molecule has 0 aliphatic carbocycles. The molecule has 104 valence electrons. The summed E-state index contributed by atoms with van der Waals surface area (Å²) < 4.78 is 24.6. The number of nitrogens with two attached hydrogens (primary N) is 1. The minimum Gasteiger partial charge on any atom is -0.450 e. The number of nitriles is 1. The molecule has 0 spiro atoms. The molecular formula is C16H11FN2O2. The Morgan fingerprint density at radius 1 is 1.29 bits per heavy atom. The van der Waals surface area contributed by atoms with Crippen molar-refractivity contribution in [1.29, 1.82) is 5.26 Å². The van der Waals surface area contributed by atoms with Crippen LogP contribution in [0.4, 0.5) is 10.1 Å². The zero-order chi connectivity index (χ0) is 15.0. The minimum absolute atomic E-state index is 0.0533. The number of benzene rings is 2. The lowest BCUT2D eigenvalue weighted by Gasteiger charge is -2.09. The zero-order valence-corrected chi connectivity index (χ0v) is 11.2. The lowest BCUT2D eigenvalue weighted by atomic mass is 10.2. The Morgan fingerprint density at radius 3 is 2.81 bits per heavy atom. The predicted molar refractivity (Wildman–Crippen MR) is 76.6 cm³/mol. The molecule has 1 aromatic heterocycles. The van der Waals surface area contributed by atoms with Crippen molar-refractivity contribution >= 4 is 16.7 Å². The van der Waals surface area contributed by atoms with Crippen LogP contribution in [0.25, 0.3) is 11.0 Å². The molecule has 5 heteroatoms. The maximum Gasteiger partial charge on any atom is 0.247 e. The van der Waals surface area contributed by atoms with Crippen molar-refractivity contribution in [2.75, 3.05) is 5.73 Å². The van der Waals surface area contributed by atoms with Gasteiger partial charge in [-0.15, -0.1) is 0 Å². The summed E-state index contributed by atoms with van der Waals surface area (Å²) in [4.78, 5) is 0. The summed E-state index contributed by atoms with van der Waals surface area (Å²) in [7, 11) is 0. The van der Waals surface area contributed by atoms with Gasteiger partial charge in [-0.2, -0.15) is 5.26 Å². The molecular weight excluding hydrogens is 271 g/mol. The van der Waals surface area contributed by atoms with E-state index in [1.807, 2.05) is 12.1 Å². The number of hydrogen-bond acceptors (Lipinski definition) is 4. The number of aryl methyl sites for hydroxylation is 1. The van der Waals surface area contributed by atoms with Crippen molar-refractivity contribution in [3.05, 3.63) is 53.5 Å². The van der Waals surface area contributed by atoms with E-state index < -0.39 is 5.82 Å². The van der Waals surface area contributed by atoms with Crippen molar-refractivity contribution < 1.29 is 13.5 Å². The molecule has 0 atom stereocenters. The van der Waals surface area contributed by atoms with E-state index in [2.05, 4.69) is 0 Å². The van der Waals surface area contributed by atoms with Crippen LogP contribution < -0.4 is 10.5 Å². The van der Waals surface area contributed by atoms with Gasteiger partial charge in [0.25, 0.3) is 0 Å². The van der Waals surface area contributed by atoms with Gasteiger partial charge >= 0.3 is 0 Å². The molecule has 1 heterocycles. The van der Waals surface area contributed by atoms with Gasteiger partial charge in [0.15, 0.2) is 11.5 Å². The summed E-state index contributed by atoms with van der Waals surface area (Å²) in [6.07, 6.45) is 0. The normalized spacial score (nSPS) is 10.5. The fraction of sp³-hybridized carbons (Fsp3) is 0.0625. The van der Waals surface area contributed by atoms with Gasteiger partial charge in [0, 0.05) is 6.07 Å². The molecule has 3 aromatic rings. The number of fused-ring (bicyclic) bond motifs is 1. The van der Waals surface area contributed by atoms with E-state index in [1.54, 1.807) is 25.1 Å². The van der Waals surface area contributed by atoms with Gasteiger partial charge in [-0.1, -0.05) is 12.1 Å². The van der Waals surface area contributed by atoms with E-state index in [0.29, 0.717) is 16.5 Å². The average Bonchev–Trinajstić information content (AvgIpc) is 2.83. The summed E-state index contributed by atoms with van der Waals surface area (Å²) in [5.41, 5.74) is 6.87. The quantitative estimate of drug-likeness (QED) is 0.717. The molecule has 0 bridgehead atoms. The van der Waals surface area contributed by atoms with Gasteiger partial charge in [-0.3, -0.25) is 0 Å². The second-order valence-electron chi connectivity index (χ2n) is 4.61. The molecule has 0 unspecified atom stereocenters. The Bertz CT molecular complexity index is 878. The van der Waals surface area contributed by atoms with Crippen LogP contribution in [0.5, 0.6) is 11.5 Å². The molecule has 0 aliphatic rings. The Balaban J connectivity index is 2.14. The minimum atomic E-state index is -0.405. The lowest BCUT2D eigenvalue weighted by Crippen LogP contribution is -1.95. The van der Waals surface area contributed by atoms with Crippen LogP contribution in [0.2, 0.25) is 0 Å². The third-order valence-corrected chi connectivity index (χ3v) is 3.15. The van der Waals surface area contributed by atoms with E-state index >= 15 is 0 Å². The molecule has 3 rings (SSSR count). The van der Waals surface area contributed by atoms with Gasteiger partial charge in [-0.05, 0) is 30.7 Å². The standard InChI is InChI=1S/C16H11FN2O2/c1-9-6-14(12(19)7-11(9)17)21-16-10-4-2-3-5-13(10)20-15(16)8-18/h2-7H,19H2,1H3. The summed E-state index contributed by atoms with van der Waals surface area (Å²) >= 11 is 0. The highest BCUT2D eigenvalue weighted by molar-refractivity contribution is 5.87. The first kappa shape index (κ1) is 13.0. The van der Waals surface area contributed by atoms with E-state index in [1.165, 1.54) is 12.1 Å². The zero-order valence-electron chi connectivity index (χ0n) is 11.2. The molecule has 0 amide bonds. The third-order valence-electron chi connectivity index (χ3n) is 3.15. The van der Waals surface area contributed by atoms with Crippen molar-refractivity contribution in [3.8, 4) is 17.6 Å². The number of rotatable bonds is 2. The van der Waals surface area contributed by atoms with E-state index in [0.717, 1.165) is 0 Å². The highest BCUT2D eigenvalue weighted by atomic mass is 19.1. The Hall–Kier alpha value is -3.00. The first-order valence-corrected chi connectivity index (χ1v) is 6.25. The highest BCUT2D eigenvalue weighted by Gasteiger charge is 2.17. The monoisotopic (exact) mass is 282 g/mol. The van der Waals surface area contributed by atoms with Crippen molar-refractivity contribution in [3.63, 3.8) is 0 Å². The van der Waals surface area contributed by atoms with Gasteiger partial charge in [0.1, 0.15) is 17.5 Å². The number of nitrogens with zero attached hydrogens (tertiary/aromatic N) is 1. The van der Waals surface area contributed by atoms with Crippen LogP contribution in [-0.4, -0.2) is 0 Å². The average molecular weight is 282 g/mol. The SMILES string of the molecule is Cc1cc(Oc2c(C#N)oc3ccccc23)c(N)cc1F. The van der Waals surface area contributed by atoms with E-state index in [-0.39, 0.29) is 22.9 Å². The van der Waals surface area contributed by atoms with Gasteiger partial charge < -0.3 is 14.9 Å². The maximum atomic E-state index is 13.4. The number of furan rings is 1. The van der Waals surface area contributed by atoms with Gasteiger partial charge in [0.05, 0.1) is 11.1 Å². The summed E-state index contributed by atoms with van der Waals surface area (Å²) in [6, 6.07) is 11.8. The Kier molecular flexibility index (Phi) is 2.99. The van der Waals surface area contributed by atoms with Crippen LogP contribution in [0.1, 0.15) is 11.3 Å². The van der Waals surface area contributed by atoms with Gasteiger partial charge in [0.2, 0.25) is 5.76 Å². The Labute approximate surface area is 120 Å². The molecule has 4 nitrogen and oxygen atoms in total. The molecule has 21 heavy (non-hydrogen) atoms. The smallest absolute Gasteiger partial charge is 0.247 e. The first-order valence-electron chi connectivity index (χ1n) is 6.25. The highest BCUT2D eigenvalue weighted by Crippen LogP contribution is 2.38. The topological polar surface area (TPSA) is 72.2 Å². The summed E-state index contributed by atoms with van der Waals surface area (Å²) in [5, 5.41) is 9.81. The molecule has 2 aromatic carbocycles. The van der Waals surface area contributed by atoms with E-state index in [4.69, 9.17) is 20.1 Å². The number of hydrogen-bond donors (Lipinski definition) is 1. The van der Waals surface area contributed by atoms with Crippen LogP contribution in [-0.2, 0) is 0 Å². The fourth-order valence-corrected chi connectivity index (χ4v) is 2.07. The fourth-order valence-electron chi connectivity index (χ4n) is 2.07. The molecule has 0 aliphatic heterocycles. The van der Waals surface area contributed by atoms with Crippen LogP contribution in [0.3, 0.4) is 0 Å². The summed E-state index contributed by atoms with van der Waals surface area (Å²) in [5.74, 6) is 0.220. The second kappa shape index (κ2) is 4.84. The molecule has 0 saturated heterocycles. The third kappa shape index (κ3) is 2.17. The molecule has 2 N–H and O–H groups in total. The number of anilines is 1. The summed E-state index contributed by atoms with van der Waals surface area (Å²) in [6.45, 7) is 1.61. The number of ether oxygens (including phenoxy) is 1. The van der Waals surface area contributed by atoms with Crippen LogP contribution in [0, 0.1) is 24.1 Å². The van der Waals surface area contributed by atoms with Crippen molar-refractivity contribution in [1.82, 2.24) is 0 Å². The Morgan fingerprint density at radius 2 is 2.05 bits per heavy atom. The molecule has 0 saturated carbocycles. The number of para-hydroxylation sites is 1. The first-order chi connectivity index (χ1) is 10.1. The number of nitrogen functional groups attached to an aromatic ring is 1.